The largest absolute Gasteiger partial charge is 0.488 e. The number of hydrogen-bond acceptors (Lipinski definition) is 5. The zero-order valence-corrected chi connectivity index (χ0v) is 16.5. The van der Waals surface area contributed by atoms with Gasteiger partial charge in [-0.15, -0.1) is 0 Å². The number of ether oxygens (including phenoxy) is 2. The van der Waals surface area contributed by atoms with Gasteiger partial charge in [-0.1, -0.05) is 24.6 Å². The number of likely N-dealkylation sites (tertiary alicyclic amines) is 1. The van der Waals surface area contributed by atoms with Gasteiger partial charge in [0.1, 0.15) is 18.0 Å². The van der Waals surface area contributed by atoms with Crippen molar-refractivity contribution in [3.8, 4) is 5.75 Å². The summed E-state index contributed by atoms with van der Waals surface area (Å²) in [4.78, 5) is 15.2. The first-order valence-corrected chi connectivity index (χ1v) is 10.7. The summed E-state index contributed by atoms with van der Waals surface area (Å²) in [5.74, 6) is 0.880. The van der Waals surface area contributed by atoms with Gasteiger partial charge >= 0.3 is 0 Å². The second kappa shape index (κ2) is 9.25. The zero-order chi connectivity index (χ0) is 19.3. The molecule has 0 radical (unpaired) electrons. The molecule has 2 aliphatic heterocycles. The number of carbonyl (C=O) groups excluding carboxylic acids is 1. The third-order valence-electron chi connectivity index (χ3n) is 6.39. The lowest BCUT2D eigenvalue weighted by atomic mass is 9.98. The van der Waals surface area contributed by atoms with Crippen molar-refractivity contribution in [2.24, 2.45) is 5.92 Å². The molecule has 6 heteroatoms. The average Bonchev–Trinajstić information content (AvgIpc) is 3.04. The minimum Gasteiger partial charge on any atom is -0.488 e. The molecule has 0 aromatic heterocycles. The van der Waals surface area contributed by atoms with Gasteiger partial charge in [0, 0.05) is 25.6 Å². The first-order valence-electron chi connectivity index (χ1n) is 10.7. The standard InChI is InChI=1S/C22H32N2O4/c25-21-19(28-17-7-3-1-4-8-17)15-18(20(21)24-11-5-2-6-12-24)23-22(26)16-9-13-27-14-10-16/h1,3-4,7-8,16,18-21,25H,2,5-6,9-15H2,(H,23,26)/t18-,19-,20+,21+/m1/s1. The van der Waals surface area contributed by atoms with E-state index in [1.807, 2.05) is 30.3 Å². The van der Waals surface area contributed by atoms with Crippen molar-refractivity contribution in [1.82, 2.24) is 10.2 Å². The molecule has 4 atom stereocenters. The number of carbonyl (C=O) groups is 1. The van der Waals surface area contributed by atoms with Gasteiger partial charge in [0.05, 0.1) is 12.1 Å². The van der Waals surface area contributed by atoms with Crippen molar-refractivity contribution < 1.29 is 19.4 Å². The topological polar surface area (TPSA) is 71.0 Å². The van der Waals surface area contributed by atoms with E-state index in [0.717, 1.165) is 44.5 Å². The van der Waals surface area contributed by atoms with E-state index in [2.05, 4.69) is 10.2 Å². The molecule has 4 rings (SSSR count). The van der Waals surface area contributed by atoms with Gasteiger partial charge in [-0.3, -0.25) is 9.69 Å². The van der Waals surface area contributed by atoms with Crippen LogP contribution in [0.5, 0.6) is 5.75 Å². The Hall–Kier alpha value is -1.63. The van der Waals surface area contributed by atoms with E-state index in [1.54, 1.807) is 0 Å². The molecule has 0 unspecified atom stereocenters. The summed E-state index contributed by atoms with van der Waals surface area (Å²) in [6.07, 6.45) is 4.79. The highest BCUT2D eigenvalue weighted by Crippen LogP contribution is 2.31. The van der Waals surface area contributed by atoms with Gasteiger partial charge in [0.25, 0.3) is 0 Å². The van der Waals surface area contributed by atoms with Crippen LogP contribution in [0.3, 0.4) is 0 Å². The molecule has 1 aliphatic carbocycles. The Kier molecular flexibility index (Phi) is 6.50. The van der Waals surface area contributed by atoms with Gasteiger partial charge in [0.15, 0.2) is 0 Å². The highest BCUT2D eigenvalue weighted by atomic mass is 16.5. The Morgan fingerprint density at radius 3 is 2.54 bits per heavy atom. The van der Waals surface area contributed by atoms with Crippen LogP contribution in [-0.4, -0.2) is 66.5 Å². The smallest absolute Gasteiger partial charge is 0.223 e. The van der Waals surface area contributed by atoms with Crippen molar-refractivity contribution in [2.75, 3.05) is 26.3 Å². The molecule has 0 bridgehead atoms. The van der Waals surface area contributed by atoms with Gasteiger partial charge in [-0.25, -0.2) is 0 Å². The molecule has 0 spiro atoms. The van der Waals surface area contributed by atoms with E-state index in [9.17, 15) is 9.90 Å². The number of rotatable bonds is 5. The van der Waals surface area contributed by atoms with Crippen LogP contribution >= 0.6 is 0 Å². The minimum absolute atomic E-state index is 0.0157. The summed E-state index contributed by atoms with van der Waals surface area (Å²) in [6.45, 7) is 3.26. The first kappa shape index (κ1) is 19.7. The van der Waals surface area contributed by atoms with E-state index in [0.29, 0.717) is 19.6 Å². The van der Waals surface area contributed by atoms with Gasteiger partial charge in [0.2, 0.25) is 5.91 Å². The quantitative estimate of drug-likeness (QED) is 0.807. The van der Waals surface area contributed by atoms with E-state index in [-0.39, 0.29) is 30.0 Å². The second-order valence-corrected chi connectivity index (χ2v) is 8.28. The number of nitrogens with zero attached hydrogens (tertiary/aromatic N) is 1. The molecule has 2 saturated heterocycles. The lowest BCUT2D eigenvalue weighted by Crippen LogP contribution is -2.55. The fraction of sp³-hybridized carbons (Fsp3) is 0.682. The zero-order valence-electron chi connectivity index (χ0n) is 16.5. The summed E-state index contributed by atoms with van der Waals surface area (Å²) in [7, 11) is 0. The number of amides is 1. The Balaban J connectivity index is 1.47. The molecular formula is C22H32N2O4. The molecule has 2 heterocycles. The summed E-state index contributed by atoms with van der Waals surface area (Å²) in [6, 6.07) is 9.47. The minimum atomic E-state index is -0.613. The van der Waals surface area contributed by atoms with Crippen LogP contribution in [0.25, 0.3) is 0 Å². The van der Waals surface area contributed by atoms with E-state index in [1.165, 1.54) is 6.42 Å². The predicted molar refractivity (Wildman–Crippen MR) is 106 cm³/mol. The number of para-hydroxylation sites is 1. The number of aliphatic hydroxyl groups is 1. The summed E-state index contributed by atoms with van der Waals surface area (Å²) in [5.41, 5.74) is 0. The fourth-order valence-electron chi connectivity index (χ4n) is 4.87. The highest BCUT2D eigenvalue weighted by Gasteiger charge is 2.47. The number of hydrogen-bond donors (Lipinski definition) is 2. The first-order chi connectivity index (χ1) is 13.7. The molecular weight excluding hydrogens is 356 g/mol. The number of aliphatic hydroxyl groups excluding tert-OH is 1. The van der Waals surface area contributed by atoms with Crippen LogP contribution in [0.2, 0.25) is 0 Å². The van der Waals surface area contributed by atoms with Crippen molar-refractivity contribution in [3.63, 3.8) is 0 Å². The SMILES string of the molecule is O=C(N[C@@H]1C[C@@H](Oc2ccccc2)[C@H](O)[C@H]1N1CCCCC1)C1CCOCC1. The maximum Gasteiger partial charge on any atom is 0.223 e. The van der Waals surface area contributed by atoms with Crippen molar-refractivity contribution in [1.29, 1.82) is 0 Å². The van der Waals surface area contributed by atoms with Crippen molar-refractivity contribution >= 4 is 5.91 Å². The molecule has 28 heavy (non-hydrogen) atoms. The molecule has 1 aromatic carbocycles. The summed E-state index contributed by atoms with van der Waals surface area (Å²) < 4.78 is 11.5. The van der Waals surface area contributed by atoms with Gasteiger partial charge in [-0.05, 0) is 50.9 Å². The molecule has 154 valence electrons. The normalized spacial score (nSPS) is 32.2. The Bertz CT molecular complexity index is 629. The Labute approximate surface area is 167 Å². The number of piperidine rings is 1. The monoisotopic (exact) mass is 388 g/mol. The second-order valence-electron chi connectivity index (χ2n) is 8.28. The van der Waals surface area contributed by atoms with E-state index < -0.39 is 6.10 Å². The molecule has 6 nitrogen and oxygen atoms in total. The van der Waals surface area contributed by atoms with Crippen LogP contribution in [0.1, 0.15) is 38.5 Å². The van der Waals surface area contributed by atoms with Gasteiger partial charge in [-0.2, -0.15) is 0 Å². The predicted octanol–water partition coefficient (Wildman–Crippen LogP) is 1.96. The van der Waals surface area contributed by atoms with Crippen LogP contribution in [0, 0.1) is 5.92 Å². The van der Waals surface area contributed by atoms with Gasteiger partial charge < -0.3 is 19.9 Å². The molecule has 3 aliphatic rings. The molecule has 1 amide bonds. The Morgan fingerprint density at radius 2 is 1.82 bits per heavy atom. The molecule has 1 aromatic rings. The van der Waals surface area contributed by atoms with Crippen molar-refractivity contribution in [3.05, 3.63) is 30.3 Å². The van der Waals surface area contributed by atoms with Crippen LogP contribution in [0.15, 0.2) is 30.3 Å². The molecule has 1 saturated carbocycles. The fourth-order valence-corrected chi connectivity index (χ4v) is 4.87. The molecule has 2 N–H and O–H groups in total. The van der Waals surface area contributed by atoms with Crippen LogP contribution in [0.4, 0.5) is 0 Å². The Morgan fingerprint density at radius 1 is 1.11 bits per heavy atom. The molecule has 3 fully saturated rings. The highest BCUT2D eigenvalue weighted by molar-refractivity contribution is 5.79. The maximum absolute atomic E-state index is 12.8. The summed E-state index contributed by atoms with van der Waals surface area (Å²) >= 11 is 0. The van der Waals surface area contributed by atoms with Crippen LogP contribution < -0.4 is 10.1 Å². The van der Waals surface area contributed by atoms with Crippen LogP contribution in [-0.2, 0) is 9.53 Å². The number of benzene rings is 1. The maximum atomic E-state index is 12.8. The van der Waals surface area contributed by atoms with E-state index in [4.69, 9.17) is 9.47 Å². The number of nitrogens with one attached hydrogen (secondary N) is 1. The van der Waals surface area contributed by atoms with Crippen molar-refractivity contribution in [2.45, 2.75) is 62.8 Å². The van der Waals surface area contributed by atoms with E-state index >= 15 is 0 Å². The lowest BCUT2D eigenvalue weighted by Gasteiger charge is -2.38. The third kappa shape index (κ3) is 4.50. The summed E-state index contributed by atoms with van der Waals surface area (Å²) in [5, 5.41) is 14.4. The third-order valence-corrected chi connectivity index (χ3v) is 6.39. The lowest BCUT2D eigenvalue weighted by molar-refractivity contribution is -0.129. The average molecular weight is 389 g/mol.